The second kappa shape index (κ2) is 8.42. The van der Waals surface area contributed by atoms with Gasteiger partial charge in [-0.1, -0.05) is 26.7 Å². The number of ether oxygens (including phenoxy) is 1. The van der Waals surface area contributed by atoms with Gasteiger partial charge in [0.1, 0.15) is 5.75 Å². The summed E-state index contributed by atoms with van der Waals surface area (Å²) in [4.78, 5) is 2.54. The van der Waals surface area contributed by atoms with E-state index in [1.54, 1.807) is 7.11 Å². The van der Waals surface area contributed by atoms with Crippen LogP contribution >= 0.6 is 0 Å². The van der Waals surface area contributed by atoms with Crippen LogP contribution in [0.15, 0.2) is 24.3 Å². The fourth-order valence-corrected chi connectivity index (χ4v) is 3.49. The normalized spacial score (nSPS) is 17.5. The predicted molar refractivity (Wildman–Crippen MR) is 94.8 cm³/mol. The Morgan fingerprint density at radius 3 is 1.95 bits per heavy atom. The summed E-state index contributed by atoms with van der Waals surface area (Å²) in [5, 5.41) is 0. The third-order valence-electron chi connectivity index (χ3n) is 5.10. The fourth-order valence-electron chi connectivity index (χ4n) is 3.49. The lowest BCUT2D eigenvalue weighted by Gasteiger charge is -2.46. The summed E-state index contributed by atoms with van der Waals surface area (Å²) < 4.78 is 6.60. The fraction of sp³-hybridized carbons (Fsp3) is 0.684. The van der Waals surface area contributed by atoms with Gasteiger partial charge in [-0.25, -0.2) is 0 Å². The summed E-state index contributed by atoms with van der Waals surface area (Å²) in [6, 6.07) is 8.52. The molecule has 0 amide bonds. The Kier molecular flexibility index (Phi) is 6.56. The molecule has 0 spiro atoms. The minimum absolute atomic E-state index is 0.941. The zero-order valence-electron chi connectivity index (χ0n) is 14.7. The highest BCUT2D eigenvalue weighted by atomic mass is 16.5. The molecular weight excluding hydrogens is 272 g/mol. The van der Waals surface area contributed by atoms with Gasteiger partial charge in [0.25, 0.3) is 0 Å². The lowest BCUT2D eigenvalue weighted by molar-refractivity contribution is -0.929. The van der Waals surface area contributed by atoms with Crippen molar-refractivity contribution in [2.75, 3.05) is 51.3 Å². The molecule has 0 bridgehead atoms. The summed E-state index contributed by atoms with van der Waals surface area (Å²) in [6.45, 7) is 12.3. The molecule has 0 radical (unpaired) electrons. The van der Waals surface area contributed by atoms with Crippen molar-refractivity contribution in [3.05, 3.63) is 24.3 Å². The Labute approximate surface area is 136 Å². The largest absolute Gasteiger partial charge is 0.497 e. The predicted octanol–water partition coefficient (Wildman–Crippen LogP) is 3.93. The molecule has 2 rings (SSSR count). The van der Waals surface area contributed by atoms with Crippen LogP contribution < -0.4 is 9.64 Å². The monoisotopic (exact) mass is 305 g/mol. The molecule has 22 heavy (non-hydrogen) atoms. The number of quaternary nitrogens is 1. The van der Waals surface area contributed by atoms with Gasteiger partial charge in [0.05, 0.1) is 46.4 Å². The lowest BCUT2D eigenvalue weighted by Crippen LogP contribution is -2.60. The van der Waals surface area contributed by atoms with E-state index in [-0.39, 0.29) is 0 Å². The summed E-state index contributed by atoms with van der Waals surface area (Å²) in [6.07, 6.45) is 5.36. The van der Waals surface area contributed by atoms with E-state index in [0.29, 0.717) is 0 Å². The molecule has 1 heterocycles. The molecule has 1 aromatic rings. The van der Waals surface area contributed by atoms with E-state index in [9.17, 15) is 0 Å². The van der Waals surface area contributed by atoms with Crippen molar-refractivity contribution in [3.63, 3.8) is 0 Å². The molecule has 0 N–H and O–H groups in total. The molecule has 0 aliphatic carbocycles. The van der Waals surface area contributed by atoms with Crippen LogP contribution in [0.1, 0.15) is 39.5 Å². The average Bonchev–Trinajstić information content (AvgIpc) is 2.59. The molecule has 124 valence electrons. The van der Waals surface area contributed by atoms with Crippen molar-refractivity contribution in [2.24, 2.45) is 0 Å². The SMILES string of the molecule is CCCC[N+]1(CCCC)CCN(c2ccc(OC)cc2)CC1. The van der Waals surface area contributed by atoms with Gasteiger partial charge in [0.2, 0.25) is 0 Å². The number of piperazine rings is 1. The van der Waals surface area contributed by atoms with Gasteiger partial charge < -0.3 is 14.1 Å². The molecule has 1 aromatic carbocycles. The molecule has 0 atom stereocenters. The Morgan fingerprint density at radius 2 is 1.50 bits per heavy atom. The number of rotatable bonds is 8. The first-order valence-corrected chi connectivity index (χ1v) is 8.97. The molecule has 0 unspecified atom stereocenters. The Morgan fingerprint density at radius 1 is 0.955 bits per heavy atom. The molecule has 0 aromatic heterocycles. The molecule has 1 aliphatic rings. The van der Waals surface area contributed by atoms with Crippen LogP contribution in [-0.4, -0.2) is 50.9 Å². The maximum absolute atomic E-state index is 5.26. The van der Waals surface area contributed by atoms with Crippen LogP contribution in [0.3, 0.4) is 0 Å². The standard InChI is InChI=1S/C19H33N2O/c1-4-6-14-21(15-7-5-2)16-12-20(13-17-21)18-8-10-19(22-3)11-9-18/h8-11H,4-7,12-17H2,1-3H3/q+1. The summed E-state index contributed by atoms with van der Waals surface area (Å²) >= 11 is 0. The number of hydrogen-bond acceptors (Lipinski definition) is 2. The van der Waals surface area contributed by atoms with Crippen molar-refractivity contribution in [1.29, 1.82) is 0 Å². The van der Waals surface area contributed by atoms with Gasteiger partial charge in [-0.3, -0.25) is 0 Å². The summed E-state index contributed by atoms with van der Waals surface area (Å²) in [7, 11) is 1.73. The van der Waals surface area contributed by atoms with Crippen molar-refractivity contribution in [1.82, 2.24) is 0 Å². The first-order valence-electron chi connectivity index (χ1n) is 8.97. The van der Waals surface area contributed by atoms with Crippen LogP contribution in [-0.2, 0) is 0 Å². The van der Waals surface area contributed by atoms with E-state index < -0.39 is 0 Å². The third-order valence-corrected chi connectivity index (χ3v) is 5.10. The van der Waals surface area contributed by atoms with E-state index in [4.69, 9.17) is 4.74 Å². The van der Waals surface area contributed by atoms with Crippen LogP contribution in [0.4, 0.5) is 5.69 Å². The minimum atomic E-state index is 0.941. The molecule has 1 saturated heterocycles. The topological polar surface area (TPSA) is 12.5 Å². The number of hydrogen-bond donors (Lipinski definition) is 0. The van der Waals surface area contributed by atoms with Gasteiger partial charge in [0.15, 0.2) is 0 Å². The average molecular weight is 305 g/mol. The maximum Gasteiger partial charge on any atom is 0.119 e. The zero-order chi connectivity index (χ0) is 15.8. The Balaban J connectivity index is 1.95. The van der Waals surface area contributed by atoms with Crippen LogP contribution in [0.2, 0.25) is 0 Å². The molecule has 0 saturated carbocycles. The van der Waals surface area contributed by atoms with Crippen molar-refractivity contribution >= 4 is 5.69 Å². The van der Waals surface area contributed by atoms with Crippen LogP contribution in [0.25, 0.3) is 0 Å². The molecule has 3 nitrogen and oxygen atoms in total. The number of unbranched alkanes of at least 4 members (excludes halogenated alkanes) is 2. The van der Waals surface area contributed by atoms with E-state index in [0.717, 1.165) is 5.75 Å². The second-order valence-corrected chi connectivity index (χ2v) is 6.63. The van der Waals surface area contributed by atoms with E-state index in [2.05, 4.69) is 43.0 Å². The van der Waals surface area contributed by atoms with Crippen LogP contribution in [0, 0.1) is 0 Å². The molecular formula is C19H33N2O+. The van der Waals surface area contributed by atoms with E-state index >= 15 is 0 Å². The number of benzene rings is 1. The minimum Gasteiger partial charge on any atom is -0.497 e. The Bertz CT molecular complexity index is 412. The number of anilines is 1. The van der Waals surface area contributed by atoms with Crippen molar-refractivity contribution in [3.8, 4) is 5.75 Å². The Hall–Kier alpha value is -1.22. The van der Waals surface area contributed by atoms with Gasteiger partial charge in [-0.15, -0.1) is 0 Å². The second-order valence-electron chi connectivity index (χ2n) is 6.63. The highest BCUT2D eigenvalue weighted by Gasteiger charge is 2.31. The molecule has 1 aliphatic heterocycles. The third kappa shape index (κ3) is 4.39. The number of nitrogens with zero attached hydrogens (tertiary/aromatic N) is 2. The maximum atomic E-state index is 5.26. The van der Waals surface area contributed by atoms with Gasteiger partial charge in [0, 0.05) is 5.69 Å². The first-order chi connectivity index (χ1) is 10.7. The smallest absolute Gasteiger partial charge is 0.119 e. The molecule has 3 heteroatoms. The van der Waals surface area contributed by atoms with E-state index in [1.807, 2.05) is 0 Å². The van der Waals surface area contributed by atoms with E-state index in [1.165, 1.54) is 75.1 Å². The number of methoxy groups -OCH3 is 1. The summed E-state index contributed by atoms with van der Waals surface area (Å²) in [5.41, 5.74) is 1.34. The quantitative estimate of drug-likeness (QED) is 0.675. The highest BCUT2D eigenvalue weighted by Crippen LogP contribution is 2.23. The molecule has 1 fully saturated rings. The summed E-state index contributed by atoms with van der Waals surface area (Å²) in [5.74, 6) is 0.941. The lowest BCUT2D eigenvalue weighted by atomic mass is 10.1. The first kappa shape index (κ1) is 17.1. The van der Waals surface area contributed by atoms with Gasteiger partial charge >= 0.3 is 0 Å². The zero-order valence-corrected chi connectivity index (χ0v) is 14.7. The highest BCUT2D eigenvalue weighted by molar-refractivity contribution is 5.49. The van der Waals surface area contributed by atoms with Gasteiger partial charge in [-0.05, 0) is 37.1 Å². The van der Waals surface area contributed by atoms with Crippen molar-refractivity contribution < 1.29 is 9.22 Å². The van der Waals surface area contributed by atoms with Crippen molar-refractivity contribution in [2.45, 2.75) is 39.5 Å². The van der Waals surface area contributed by atoms with Crippen LogP contribution in [0.5, 0.6) is 5.75 Å². The van der Waals surface area contributed by atoms with Gasteiger partial charge in [-0.2, -0.15) is 0 Å².